The number of nitrogens with two attached hydrogens (primary N) is 1. The van der Waals surface area contributed by atoms with E-state index in [0.717, 1.165) is 0 Å². The lowest BCUT2D eigenvalue weighted by molar-refractivity contribution is -0.139. The number of aliphatic carboxylic acids is 1. The molecular weight excluding hydrogens is 146 g/mol. The van der Waals surface area contributed by atoms with E-state index >= 15 is 0 Å². The number of carbonyl (C=O) groups excluding carboxylic acids is 1. The molecule has 4 nitrogen and oxygen atoms in total. The second-order valence-electron chi connectivity index (χ2n) is 2.47. The SMILES string of the molecule is CCC(N)C(C=O)CC(=O)O. The van der Waals surface area contributed by atoms with E-state index in [9.17, 15) is 9.59 Å². The molecule has 4 heteroatoms. The molecule has 2 unspecified atom stereocenters. The van der Waals surface area contributed by atoms with Gasteiger partial charge in [0.25, 0.3) is 0 Å². The molecule has 11 heavy (non-hydrogen) atoms. The molecule has 0 spiro atoms. The molecule has 0 aliphatic carbocycles. The van der Waals surface area contributed by atoms with Crippen LogP contribution in [0.1, 0.15) is 19.8 Å². The lowest BCUT2D eigenvalue weighted by Gasteiger charge is -2.13. The van der Waals surface area contributed by atoms with Crippen molar-refractivity contribution in [3.63, 3.8) is 0 Å². The fourth-order valence-electron chi connectivity index (χ4n) is 0.805. The Balaban J connectivity index is 3.94. The first-order valence-electron chi connectivity index (χ1n) is 3.54. The Bertz CT molecular complexity index is 147. The first-order chi connectivity index (χ1) is 5.11. The van der Waals surface area contributed by atoms with Gasteiger partial charge >= 0.3 is 5.97 Å². The van der Waals surface area contributed by atoms with Crippen LogP contribution in [-0.2, 0) is 9.59 Å². The molecule has 0 aliphatic heterocycles. The summed E-state index contributed by atoms with van der Waals surface area (Å²) in [6.07, 6.45) is 1.07. The number of carboxylic acid groups (broad SMARTS) is 1. The van der Waals surface area contributed by atoms with Gasteiger partial charge in [0, 0.05) is 12.0 Å². The lowest BCUT2D eigenvalue weighted by Crippen LogP contribution is -2.31. The highest BCUT2D eigenvalue weighted by molar-refractivity contribution is 5.72. The average molecular weight is 159 g/mol. The molecular formula is C7H13NO3. The smallest absolute Gasteiger partial charge is 0.304 e. The summed E-state index contributed by atoms with van der Waals surface area (Å²) in [6.45, 7) is 1.82. The first-order valence-corrected chi connectivity index (χ1v) is 3.54. The van der Waals surface area contributed by atoms with Crippen molar-refractivity contribution in [1.82, 2.24) is 0 Å². The highest BCUT2D eigenvalue weighted by atomic mass is 16.4. The molecule has 0 amide bonds. The second kappa shape index (κ2) is 4.85. The summed E-state index contributed by atoms with van der Waals surface area (Å²) in [6, 6.07) is -0.330. The first kappa shape index (κ1) is 10.1. The average Bonchev–Trinajstić information content (AvgIpc) is 1.98. The summed E-state index contributed by atoms with van der Waals surface area (Å²) in [5.41, 5.74) is 5.48. The minimum absolute atomic E-state index is 0.168. The van der Waals surface area contributed by atoms with Crippen LogP contribution in [0.15, 0.2) is 0 Å². The highest BCUT2D eigenvalue weighted by Gasteiger charge is 2.18. The molecule has 0 rings (SSSR count). The zero-order valence-corrected chi connectivity index (χ0v) is 6.49. The largest absolute Gasteiger partial charge is 0.481 e. The van der Waals surface area contributed by atoms with E-state index in [2.05, 4.69) is 0 Å². The molecule has 0 heterocycles. The topological polar surface area (TPSA) is 80.4 Å². The molecule has 3 N–H and O–H groups in total. The van der Waals surface area contributed by atoms with Crippen LogP contribution in [-0.4, -0.2) is 23.4 Å². The van der Waals surface area contributed by atoms with Crippen molar-refractivity contribution in [3.8, 4) is 0 Å². The maximum atomic E-state index is 10.3. The molecule has 0 aliphatic rings. The molecule has 0 aromatic carbocycles. The van der Waals surface area contributed by atoms with E-state index in [0.29, 0.717) is 12.7 Å². The Kier molecular flexibility index (Phi) is 4.45. The van der Waals surface area contributed by atoms with Crippen LogP contribution in [0.3, 0.4) is 0 Å². The Hall–Kier alpha value is -0.900. The molecule has 0 aromatic rings. The Morgan fingerprint density at radius 1 is 1.73 bits per heavy atom. The van der Waals surface area contributed by atoms with Gasteiger partial charge in [-0.15, -0.1) is 0 Å². The van der Waals surface area contributed by atoms with E-state index in [1.165, 1.54) is 0 Å². The van der Waals surface area contributed by atoms with Crippen molar-refractivity contribution in [2.45, 2.75) is 25.8 Å². The molecule has 2 atom stereocenters. The quantitative estimate of drug-likeness (QED) is 0.554. The standard InChI is InChI=1S/C7H13NO3/c1-2-6(8)5(4-9)3-7(10)11/h4-6H,2-3,8H2,1H3,(H,10,11). The van der Waals surface area contributed by atoms with Gasteiger partial charge in [0.2, 0.25) is 0 Å². The van der Waals surface area contributed by atoms with Crippen LogP contribution in [0.5, 0.6) is 0 Å². The van der Waals surface area contributed by atoms with Gasteiger partial charge in [-0.2, -0.15) is 0 Å². The van der Waals surface area contributed by atoms with Crippen LogP contribution in [0, 0.1) is 5.92 Å². The fourth-order valence-corrected chi connectivity index (χ4v) is 0.805. The Labute approximate surface area is 65.4 Å². The van der Waals surface area contributed by atoms with E-state index in [1.54, 1.807) is 0 Å². The fraction of sp³-hybridized carbons (Fsp3) is 0.714. The van der Waals surface area contributed by atoms with Gasteiger partial charge in [-0.3, -0.25) is 4.79 Å². The molecule has 0 radical (unpaired) electrons. The molecule has 64 valence electrons. The van der Waals surface area contributed by atoms with Gasteiger partial charge in [-0.05, 0) is 6.42 Å². The van der Waals surface area contributed by atoms with Crippen molar-refractivity contribution in [2.24, 2.45) is 11.7 Å². The van der Waals surface area contributed by atoms with Gasteiger partial charge in [-0.25, -0.2) is 0 Å². The van der Waals surface area contributed by atoms with Crippen LogP contribution < -0.4 is 5.73 Å². The van der Waals surface area contributed by atoms with Gasteiger partial charge in [-0.1, -0.05) is 6.92 Å². The van der Waals surface area contributed by atoms with E-state index in [1.807, 2.05) is 6.92 Å². The summed E-state index contributed by atoms with van der Waals surface area (Å²) in [5, 5.41) is 8.34. The number of hydrogen-bond acceptors (Lipinski definition) is 3. The number of carbonyl (C=O) groups is 2. The highest BCUT2D eigenvalue weighted by Crippen LogP contribution is 2.06. The maximum absolute atomic E-state index is 10.3. The predicted octanol–water partition coefficient (Wildman–Crippen LogP) is 0.0135. The Morgan fingerprint density at radius 2 is 2.27 bits per heavy atom. The predicted molar refractivity (Wildman–Crippen MR) is 40.1 cm³/mol. The summed E-state index contributed by atoms with van der Waals surface area (Å²) < 4.78 is 0. The summed E-state index contributed by atoms with van der Waals surface area (Å²) >= 11 is 0. The normalized spacial score (nSPS) is 15.5. The van der Waals surface area contributed by atoms with Crippen LogP contribution in [0.4, 0.5) is 0 Å². The zero-order valence-electron chi connectivity index (χ0n) is 6.49. The van der Waals surface area contributed by atoms with Crippen LogP contribution in [0.25, 0.3) is 0 Å². The molecule has 0 saturated carbocycles. The maximum Gasteiger partial charge on any atom is 0.304 e. The molecule has 0 aromatic heterocycles. The van der Waals surface area contributed by atoms with Crippen molar-refractivity contribution in [2.75, 3.05) is 0 Å². The van der Waals surface area contributed by atoms with E-state index in [4.69, 9.17) is 10.8 Å². The molecule has 0 saturated heterocycles. The van der Waals surface area contributed by atoms with Crippen molar-refractivity contribution >= 4 is 12.3 Å². The van der Waals surface area contributed by atoms with Crippen molar-refractivity contribution in [3.05, 3.63) is 0 Å². The van der Waals surface area contributed by atoms with Gasteiger partial charge in [0.05, 0.1) is 6.42 Å². The third-order valence-corrected chi connectivity index (χ3v) is 1.61. The van der Waals surface area contributed by atoms with E-state index < -0.39 is 11.9 Å². The third kappa shape index (κ3) is 3.72. The van der Waals surface area contributed by atoms with Gasteiger partial charge < -0.3 is 15.6 Å². The van der Waals surface area contributed by atoms with Crippen molar-refractivity contribution < 1.29 is 14.7 Å². The summed E-state index contributed by atoms with van der Waals surface area (Å²) in [5.74, 6) is -1.52. The lowest BCUT2D eigenvalue weighted by atomic mass is 9.97. The number of hydrogen-bond donors (Lipinski definition) is 2. The minimum Gasteiger partial charge on any atom is -0.481 e. The monoisotopic (exact) mass is 159 g/mol. The number of aldehydes is 1. The molecule has 0 bridgehead atoms. The van der Waals surface area contributed by atoms with Crippen LogP contribution in [0.2, 0.25) is 0 Å². The third-order valence-electron chi connectivity index (χ3n) is 1.61. The Morgan fingerprint density at radius 3 is 2.55 bits per heavy atom. The van der Waals surface area contributed by atoms with Crippen LogP contribution >= 0.6 is 0 Å². The molecule has 0 fully saturated rings. The number of carboxylic acids is 1. The van der Waals surface area contributed by atoms with Gasteiger partial charge in [0.15, 0.2) is 0 Å². The zero-order chi connectivity index (χ0) is 8.85. The van der Waals surface area contributed by atoms with Crippen molar-refractivity contribution in [1.29, 1.82) is 0 Å². The number of rotatable bonds is 5. The second-order valence-corrected chi connectivity index (χ2v) is 2.47. The summed E-state index contributed by atoms with van der Waals surface area (Å²) in [7, 11) is 0. The van der Waals surface area contributed by atoms with Gasteiger partial charge in [0.1, 0.15) is 6.29 Å². The van der Waals surface area contributed by atoms with E-state index in [-0.39, 0.29) is 12.5 Å². The minimum atomic E-state index is -0.981. The summed E-state index contributed by atoms with van der Waals surface area (Å²) in [4.78, 5) is 20.5.